The van der Waals surface area contributed by atoms with Gasteiger partial charge in [0.2, 0.25) is 0 Å². The minimum absolute atomic E-state index is 0.159. The third-order valence-electron chi connectivity index (χ3n) is 2.41. The highest BCUT2D eigenvalue weighted by Crippen LogP contribution is 2.29. The molecule has 1 rings (SSSR count). The van der Waals surface area contributed by atoms with Crippen molar-refractivity contribution in [2.24, 2.45) is 0 Å². The summed E-state index contributed by atoms with van der Waals surface area (Å²) in [6.07, 6.45) is 1.85. The molecule has 0 saturated carbocycles. The second-order valence-electron chi connectivity index (χ2n) is 5.22. The Bertz CT molecular complexity index is 375. The Morgan fingerprint density at radius 1 is 1.25 bits per heavy atom. The molecule has 2 heteroatoms. The summed E-state index contributed by atoms with van der Waals surface area (Å²) in [5.74, 6) is 0.973. The summed E-state index contributed by atoms with van der Waals surface area (Å²) in [6.45, 7) is 14.7. The van der Waals surface area contributed by atoms with Gasteiger partial charge in [-0.05, 0) is 30.1 Å². The van der Waals surface area contributed by atoms with Crippen molar-refractivity contribution < 1.29 is 4.43 Å². The average molecular weight is 233 g/mol. The van der Waals surface area contributed by atoms with E-state index in [2.05, 4.69) is 58.6 Å². The Labute approximate surface area is 101 Å². The zero-order chi connectivity index (χ0) is 12.3. The molecule has 1 aromatic rings. The molecule has 1 nitrogen and oxygen atoms in total. The molecule has 0 aliphatic rings. The van der Waals surface area contributed by atoms with Crippen LogP contribution in [0.15, 0.2) is 24.8 Å². The van der Waals surface area contributed by atoms with E-state index in [1.54, 1.807) is 0 Å². The first kappa shape index (κ1) is 13.0. The van der Waals surface area contributed by atoms with Gasteiger partial charge in [0.25, 0.3) is 9.04 Å². The van der Waals surface area contributed by atoms with E-state index in [1.807, 2.05) is 6.08 Å². The van der Waals surface area contributed by atoms with Crippen LogP contribution in [0.2, 0.25) is 13.1 Å². The van der Waals surface area contributed by atoms with Gasteiger partial charge in [-0.2, -0.15) is 0 Å². The fraction of sp³-hybridized carbons (Fsp3) is 0.429. The van der Waals surface area contributed by atoms with Crippen LogP contribution in [0.25, 0.3) is 6.08 Å². The SMILES string of the molecule is C=Cc1ccc(C(C)(C)C)cc1O[Si](C)C. The quantitative estimate of drug-likeness (QED) is 0.709. The summed E-state index contributed by atoms with van der Waals surface area (Å²) < 4.78 is 5.90. The van der Waals surface area contributed by atoms with Crippen molar-refractivity contribution in [2.45, 2.75) is 39.3 Å². The zero-order valence-electron chi connectivity index (χ0n) is 10.9. The van der Waals surface area contributed by atoms with E-state index in [9.17, 15) is 0 Å². The van der Waals surface area contributed by atoms with Gasteiger partial charge in [0.1, 0.15) is 5.75 Å². The summed E-state index contributed by atoms with van der Waals surface area (Å²) in [5.41, 5.74) is 2.54. The van der Waals surface area contributed by atoms with Crippen LogP contribution < -0.4 is 4.43 Å². The van der Waals surface area contributed by atoms with Crippen LogP contribution in [0.1, 0.15) is 31.9 Å². The first-order valence-corrected chi connectivity index (χ1v) is 8.00. The summed E-state index contributed by atoms with van der Waals surface area (Å²) in [7, 11) is -0.728. The van der Waals surface area contributed by atoms with E-state index in [4.69, 9.17) is 4.43 Å². The van der Waals surface area contributed by atoms with Gasteiger partial charge in [0.15, 0.2) is 0 Å². The first-order valence-electron chi connectivity index (χ1n) is 5.59. The number of benzene rings is 1. The topological polar surface area (TPSA) is 9.23 Å². The maximum Gasteiger partial charge on any atom is 0.274 e. The molecule has 16 heavy (non-hydrogen) atoms. The lowest BCUT2D eigenvalue weighted by Gasteiger charge is -2.21. The summed E-state index contributed by atoms with van der Waals surface area (Å²) in [5, 5.41) is 0. The lowest BCUT2D eigenvalue weighted by Crippen LogP contribution is -2.15. The Morgan fingerprint density at radius 3 is 2.31 bits per heavy atom. The highest BCUT2D eigenvalue weighted by molar-refractivity contribution is 6.49. The molecule has 1 radical (unpaired) electrons. The van der Waals surface area contributed by atoms with Gasteiger partial charge in [0.05, 0.1) is 0 Å². The Hall–Kier alpha value is -1.02. The predicted octanol–water partition coefficient (Wildman–Crippen LogP) is 4.26. The molecule has 0 saturated heterocycles. The van der Waals surface area contributed by atoms with Gasteiger partial charge in [-0.3, -0.25) is 0 Å². The molecular weight excluding hydrogens is 212 g/mol. The minimum Gasteiger partial charge on any atom is -0.542 e. The van der Waals surface area contributed by atoms with Crippen LogP contribution in [0.3, 0.4) is 0 Å². The van der Waals surface area contributed by atoms with Crippen molar-refractivity contribution in [3.63, 3.8) is 0 Å². The van der Waals surface area contributed by atoms with Crippen LogP contribution in [0.4, 0.5) is 0 Å². The molecule has 0 amide bonds. The minimum atomic E-state index is -0.728. The molecule has 0 aliphatic carbocycles. The normalized spacial score (nSPS) is 11.6. The Kier molecular flexibility index (Phi) is 3.97. The maximum atomic E-state index is 5.90. The van der Waals surface area contributed by atoms with Gasteiger partial charge in [-0.1, -0.05) is 45.6 Å². The first-order chi connectivity index (χ1) is 7.34. The standard InChI is InChI=1S/C14H21OSi/c1-7-11-8-9-12(14(2,3)4)10-13(11)15-16(5)6/h7-10H,1H2,2-6H3. The van der Waals surface area contributed by atoms with Crippen LogP contribution in [0.5, 0.6) is 5.75 Å². The summed E-state index contributed by atoms with van der Waals surface area (Å²) >= 11 is 0. The zero-order valence-corrected chi connectivity index (χ0v) is 11.9. The number of hydrogen-bond acceptors (Lipinski definition) is 1. The van der Waals surface area contributed by atoms with Gasteiger partial charge in [-0.25, -0.2) is 0 Å². The third-order valence-corrected chi connectivity index (χ3v) is 3.04. The van der Waals surface area contributed by atoms with Crippen molar-refractivity contribution in [3.05, 3.63) is 35.9 Å². The van der Waals surface area contributed by atoms with E-state index >= 15 is 0 Å². The molecule has 0 atom stereocenters. The highest BCUT2D eigenvalue weighted by atomic mass is 28.3. The number of rotatable bonds is 3. The van der Waals surface area contributed by atoms with Crippen LogP contribution in [-0.4, -0.2) is 9.04 Å². The van der Waals surface area contributed by atoms with E-state index in [0.29, 0.717) is 0 Å². The molecule has 0 unspecified atom stereocenters. The van der Waals surface area contributed by atoms with E-state index in [0.717, 1.165) is 11.3 Å². The maximum absolute atomic E-state index is 5.90. The summed E-state index contributed by atoms with van der Waals surface area (Å²) in [6, 6.07) is 6.39. The van der Waals surface area contributed by atoms with E-state index in [1.165, 1.54) is 5.56 Å². The largest absolute Gasteiger partial charge is 0.542 e. The van der Waals surface area contributed by atoms with Gasteiger partial charge < -0.3 is 4.43 Å². The molecule has 1 aromatic carbocycles. The second kappa shape index (κ2) is 4.87. The molecule has 0 heterocycles. The molecule has 0 aromatic heterocycles. The van der Waals surface area contributed by atoms with Crippen LogP contribution >= 0.6 is 0 Å². The fourth-order valence-corrected chi connectivity index (χ4v) is 2.09. The van der Waals surface area contributed by atoms with Gasteiger partial charge in [0, 0.05) is 5.56 Å². The monoisotopic (exact) mass is 233 g/mol. The smallest absolute Gasteiger partial charge is 0.274 e. The van der Waals surface area contributed by atoms with Crippen LogP contribution in [0, 0.1) is 0 Å². The summed E-state index contributed by atoms with van der Waals surface area (Å²) in [4.78, 5) is 0. The third kappa shape index (κ3) is 3.24. The van der Waals surface area contributed by atoms with Crippen LogP contribution in [-0.2, 0) is 5.41 Å². The lowest BCUT2D eigenvalue weighted by molar-refractivity contribution is 0.559. The molecule has 87 valence electrons. The Balaban J connectivity index is 3.16. The number of hydrogen-bond donors (Lipinski definition) is 0. The molecular formula is C14H21OSi. The highest BCUT2D eigenvalue weighted by Gasteiger charge is 2.16. The van der Waals surface area contributed by atoms with Crippen molar-refractivity contribution in [1.82, 2.24) is 0 Å². The van der Waals surface area contributed by atoms with Crippen molar-refractivity contribution in [3.8, 4) is 5.75 Å². The van der Waals surface area contributed by atoms with Crippen molar-refractivity contribution >= 4 is 15.1 Å². The van der Waals surface area contributed by atoms with E-state index < -0.39 is 9.04 Å². The second-order valence-corrected chi connectivity index (χ2v) is 7.24. The van der Waals surface area contributed by atoms with Crippen molar-refractivity contribution in [2.75, 3.05) is 0 Å². The molecule has 0 aliphatic heterocycles. The lowest BCUT2D eigenvalue weighted by atomic mass is 9.86. The van der Waals surface area contributed by atoms with E-state index in [-0.39, 0.29) is 5.41 Å². The molecule has 0 fully saturated rings. The molecule has 0 N–H and O–H groups in total. The fourth-order valence-electron chi connectivity index (χ4n) is 1.48. The predicted molar refractivity (Wildman–Crippen MR) is 73.3 cm³/mol. The van der Waals surface area contributed by atoms with Gasteiger partial charge >= 0.3 is 0 Å². The van der Waals surface area contributed by atoms with Gasteiger partial charge in [-0.15, -0.1) is 0 Å². The molecule has 0 spiro atoms. The average Bonchev–Trinajstić information content (AvgIpc) is 2.15. The molecule has 0 bridgehead atoms. The van der Waals surface area contributed by atoms with Crippen molar-refractivity contribution in [1.29, 1.82) is 0 Å². The Morgan fingerprint density at radius 2 is 1.88 bits per heavy atom.